The summed E-state index contributed by atoms with van der Waals surface area (Å²) in [6.45, 7) is 2.93. The van der Waals surface area contributed by atoms with Gasteiger partial charge in [0.05, 0.1) is 29.5 Å². The number of ether oxygens (including phenoxy) is 1. The Morgan fingerprint density at radius 2 is 1.65 bits per heavy atom. The molecule has 0 radical (unpaired) electrons. The Balaban J connectivity index is 1.66. The molecule has 5 nitrogen and oxygen atoms in total. The molecule has 0 atom stereocenters. The van der Waals surface area contributed by atoms with E-state index >= 15 is 0 Å². The predicted octanol–water partition coefficient (Wildman–Crippen LogP) is 7.45. The van der Waals surface area contributed by atoms with Crippen molar-refractivity contribution in [2.75, 3.05) is 31.2 Å². The summed E-state index contributed by atoms with van der Waals surface area (Å²) >= 11 is 6.52. The zero-order valence-electron chi connectivity index (χ0n) is 21.6. The summed E-state index contributed by atoms with van der Waals surface area (Å²) in [5.74, 6) is -0.956. The van der Waals surface area contributed by atoms with Crippen LogP contribution in [0, 0.1) is 5.92 Å². The molecule has 0 bridgehead atoms. The van der Waals surface area contributed by atoms with Gasteiger partial charge in [-0.25, -0.2) is 4.79 Å². The number of hydrogen-bond donors (Lipinski definition) is 1. The molecule has 1 saturated carbocycles. The number of carboxylic acids is 1. The lowest BCUT2D eigenvalue weighted by molar-refractivity contribution is -0.138. The van der Waals surface area contributed by atoms with Crippen LogP contribution in [0.1, 0.15) is 47.2 Å². The van der Waals surface area contributed by atoms with Crippen molar-refractivity contribution in [2.45, 2.75) is 25.4 Å². The van der Waals surface area contributed by atoms with Crippen LogP contribution in [0.25, 0.3) is 17.2 Å². The van der Waals surface area contributed by atoms with Gasteiger partial charge >= 0.3 is 12.1 Å². The largest absolute Gasteiger partial charge is 0.478 e. The minimum absolute atomic E-state index is 0.0415. The molecular weight excluding hydrogens is 541 g/mol. The van der Waals surface area contributed by atoms with Crippen molar-refractivity contribution in [3.05, 3.63) is 99.8 Å². The van der Waals surface area contributed by atoms with Gasteiger partial charge in [-0.15, -0.1) is 0 Å². The normalized spacial score (nSPS) is 17.1. The van der Waals surface area contributed by atoms with Gasteiger partial charge in [0.25, 0.3) is 0 Å². The molecule has 9 heteroatoms. The first-order valence-electron chi connectivity index (χ1n) is 13.1. The Morgan fingerprint density at radius 1 is 1.02 bits per heavy atom. The second-order valence-corrected chi connectivity index (χ2v) is 10.3. The summed E-state index contributed by atoms with van der Waals surface area (Å²) in [5.41, 5.74) is 4.64. The molecule has 2 aromatic carbocycles. The molecule has 1 N–H and O–H groups in total. The van der Waals surface area contributed by atoms with Crippen molar-refractivity contribution in [2.24, 2.45) is 5.92 Å². The zero-order valence-corrected chi connectivity index (χ0v) is 22.4. The van der Waals surface area contributed by atoms with Gasteiger partial charge in [-0.1, -0.05) is 54.4 Å². The topological polar surface area (TPSA) is 62.7 Å². The van der Waals surface area contributed by atoms with Crippen LogP contribution < -0.4 is 4.90 Å². The Bertz CT molecular complexity index is 1420. The molecule has 2 fully saturated rings. The Labute approximate surface area is 235 Å². The van der Waals surface area contributed by atoms with E-state index in [9.17, 15) is 18.0 Å². The number of aromatic nitrogens is 1. The van der Waals surface area contributed by atoms with E-state index in [0.29, 0.717) is 24.5 Å². The van der Waals surface area contributed by atoms with Crippen molar-refractivity contribution in [3.8, 4) is 0 Å². The van der Waals surface area contributed by atoms with Crippen molar-refractivity contribution in [1.82, 2.24) is 4.98 Å². The number of benzene rings is 2. The highest BCUT2D eigenvalue weighted by molar-refractivity contribution is 6.32. The van der Waals surface area contributed by atoms with Gasteiger partial charge in [0.2, 0.25) is 0 Å². The van der Waals surface area contributed by atoms with Crippen LogP contribution in [0.3, 0.4) is 0 Å². The van der Waals surface area contributed by atoms with Crippen LogP contribution >= 0.6 is 11.6 Å². The number of rotatable bonds is 7. The third-order valence-electron chi connectivity index (χ3n) is 7.36. The summed E-state index contributed by atoms with van der Waals surface area (Å²) in [5, 5.41) is 8.94. The average molecular weight is 569 g/mol. The second kappa shape index (κ2) is 11.9. The molecule has 1 aliphatic heterocycles. The van der Waals surface area contributed by atoms with Crippen molar-refractivity contribution in [3.63, 3.8) is 0 Å². The maximum atomic E-state index is 13.4. The highest BCUT2D eigenvalue weighted by atomic mass is 35.5. The molecule has 208 valence electrons. The van der Waals surface area contributed by atoms with Gasteiger partial charge in [-0.05, 0) is 70.9 Å². The summed E-state index contributed by atoms with van der Waals surface area (Å²) in [4.78, 5) is 17.5. The van der Waals surface area contributed by atoms with Gasteiger partial charge < -0.3 is 14.7 Å². The van der Waals surface area contributed by atoms with E-state index in [1.165, 1.54) is 6.08 Å². The van der Waals surface area contributed by atoms with Crippen molar-refractivity contribution >= 4 is 40.5 Å². The first-order valence-corrected chi connectivity index (χ1v) is 13.5. The molecule has 0 unspecified atom stereocenters. The number of nitrogens with zero attached hydrogens (tertiary/aromatic N) is 2. The highest BCUT2D eigenvalue weighted by Crippen LogP contribution is 2.47. The van der Waals surface area contributed by atoms with E-state index in [0.717, 1.165) is 78.7 Å². The minimum atomic E-state index is -4.55. The van der Waals surface area contributed by atoms with Gasteiger partial charge in [0.1, 0.15) is 0 Å². The lowest BCUT2D eigenvalue weighted by Gasteiger charge is -2.32. The second-order valence-electron chi connectivity index (χ2n) is 9.91. The van der Waals surface area contributed by atoms with E-state index in [1.807, 2.05) is 48.5 Å². The predicted molar refractivity (Wildman–Crippen MR) is 150 cm³/mol. The summed E-state index contributed by atoms with van der Waals surface area (Å²) in [7, 11) is 0. The maximum Gasteiger partial charge on any atom is 0.417 e. The fourth-order valence-corrected chi connectivity index (χ4v) is 5.34. The number of morpholine rings is 1. The molecule has 2 heterocycles. The van der Waals surface area contributed by atoms with Crippen LogP contribution in [-0.4, -0.2) is 42.4 Å². The zero-order chi connectivity index (χ0) is 28.3. The third kappa shape index (κ3) is 6.24. The molecule has 40 heavy (non-hydrogen) atoms. The molecule has 1 saturated heterocycles. The smallest absolute Gasteiger partial charge is 0.417 e. The number of pyridine rings is 1. The number of anilines is 1. The van der Waals surface area contributed by atoms with Gasteiger partial charge in [0.15, 0.2) is 0 Å². The molecular formula is C31H28ClF3N2O3. The van der Waals surface area contributed by atoms with Crippen LogP contribution in [0.5, 0.6) is 0 Å². The number of alkyl halides is 3. The number of carboxylic acid groups (broad SMARTS) is 1. The highest BCUT2D eigenvalue weighted by Gasteiger charge is 2.34. The lowest BCUT2D eigenvalue weighted by Crippen LogP contribution is -2.36. The number of hydrogen-bond acceptors (Lipinski definition) is 4. The van der Waals surface area contributed by atoms with Crippen LogP contribution in [0.15, 0.2) is 66.9 Å². The van der Waals surface area contributed by atoms with Gasteiger partial charge in [0, 0.05) is 31.0 Å². The number of halogens is 4. The summed E-state index contributed by atoms with van der Waals surface area (Å²) in [6, 6.07) is 16.5. The average Bonchev–Trinajstić information content (AvgIpc) is 2.91. The molecule has 0 amide bonds. The van der Waals surface area contributed by atoms with Crippen molar-refractivity contribution < 1.29 is 27.8 Å². The van der Waals surface area contributed by atoms with Crippen molar-refractivity contribution in [1.29, 1.82) is 0 Å². The van der Waals surface area contributed by atoms with E-state index in [1.54, 1.807) is 0 Å². The fraction of sp³-hybridized carbons (Fsp3) is 0.290. The first kappa shape index (κ1) is 27.9. The van der Waals surface area contributed by atoms with Gasteiger partial charge in [-0.3, -0.25) is 4.98 Å². The molecule has 0 spiro atoms. The van der Waals surface area contributed by atoms with Crippen LogP contribution in [-0.2, 0) is 15.7 Å². The molecule has 3 aromatic rings. The molecule has 2 aliphatic rings. The lowest BCUT2D eigenvalue weighted by atomic mass is 9.74. The number of aliphatic carboxylic acids is 1. The quantitative estimate of drug-likeness (QED) is 0.300. The molecule has 1 aliphatic carbocycles. The van der Waals surface area contributed by atoms with Crippen LogP contribution in [0.4, 0.5) is 18.9 Å². The maximum absolute atomic E-state index is 13.4. The molecule has 1 aromatic heterocycles. The van der Waals surface area contributed by atoms with E-state index in [-0.39, 0.29) is 10.9 Å². The Hall–Kier alpha value is -3.62. The standard InChI is InChI=1S/C31H28ClF3N2O3/c32-26-18-24(31(33,34)35)19-36-30(26)29(21-2-1-3-21)28(22-7-4-20(5-8-22)6-13-27(38)39)23-9-11-25(12-10-23)37-14-16-40-17-15-37/h4-13,18-19,21H,1-3,14-17H2,(H,38,39). The SMILES string of the molecule is O=C(O)C=Cc1ccc(C(=C(c2ncc(C(F)(F)F)cc2Cl)C2CCC2)c2ccc(N3CCOCC3)cc2)cc1. The van der Waals surface area contributed by atoms with Gasteiger partial charge in [-0.2, -0.15) is 13.2 Å². The van der Waals surface area contributed by atoms with E-state index in [4.69, 9.17) is 21.4 Å². The van der Waals surface area contributed by atoms with Crippen LogP contribution in [0.2, 0.25) is 5.02 Å². The third-order valence-corrected chi connectivity index (χ3v) is 7.64. The summed E-state index contributed by atoms with van der Waals surface area (Å²) in [6.07, 6.45) is 1.64. The van der Waals surface area contributed by atoms with E-state index in [2.05, 4.69) is 9.88 Å². The number of allylic oxidation sites excluding steroid dienone is 1. The fourth-order valence-electron chi connectivity index (χ4n) is 5.07. The Morgan fingerprint density at radius 3 is 2.17 bits per heavy atom. The molecule has 5 rings (SSSR count). The number of carbonyl (C=O) groups is 1. The van der Waals surface area contributed by atoms with E-state index < -0.39 is 17.7 Å². The summed E-state index contributed by atoms with van der Waals surface area (Å²) < 4.78 is 45.7. The minimum Gasteiger partial charge on any atom is -0.478 e. The Kier molecular flexibility index (Phi) is 8.28. The first-order chi connectivity index (χ1) is 19.2. The monoisotopic (exact) mass is 568 g/mol.